The Kier molecular flexibility index (Phi) is 4.33. The predicted molar refractivity (Wildman–Crippen MR) is 66.0 cm³/mol. The van der Waals surface area contributed by atoms with E-state index in [-0.39, 0.29) is 11.3 Å². The quantitative estimate of drug-likeness (QED) is 0.716. The van der Waals surface area contributed by atoms with E-state index in [0.717, 1.165) is 12.8 Å². The lowest BCUT2D eigenvalue weighted by Crippen LogP contribution is -2.54. The van der Waals surface area contributed by atoms with Crippen LogP contribution in [-0.4, -0.2) is 44.0 Å². The molecule has 0 spiro atoms. The van der Waals surface area contributed by atoms with Crippen LogP contribution >= 0.6 is 0 Å². The second kappa shape index (κ2) is 5.15. The second-order valence-corrected chi connectivity index (χ2v) is 5.52. The maximum atomic E-state index is 12.0. The number of carbonyl (C=O) groups excluding carboxylic acids is 1. The fraction of sp³-hybridized carbons (Fsp3) is 0.917. The zero-order chi connectivity index (χ0) is 12.3. The van der Waals surface area contributed by atoms with E-state index < -0.39 is 0 Å². The first kappa shape index (κ1) is 13.5. The van der Waals surface area contributed by atoms with Crippen molar-refractivity contribution in [1.29, 1.82) is 0 Å². The molecule has 0 saturated heterocycles. The van der Waals surface area contributed by atoms with Gasteiger partial charge in [0.05, 0.1) is 5.41 Å². The molecule has 0 aromatic rings. The van der Waals surface area contributed by atoms with Crippen molar-refractivity contribution in [3.05, 3.63) is 0 Å². The van der Waals surface area contributed by atoms with Gasteiger partial charge in [0.25, 0.3) is 0 Å². The van der Waals surface area contributed by atoms with Crippen LogP contribution in [0.2, 0.25) is 0 Å². The molecule has 16 heavy (non-hydrogen) atoms. The fourth-order valence-electron chi connectivity index (χ4n) is 2.33. The highest BCUT2D eigenvalue weighted by Gasteiger charge is 2.46. The second-order valence-electron chi connectivity index (χ2n) is 5.52. The maximum Gasteiger partial charge on any atom is 0.227 e. The molecule has 0 aromatic carbocycles. The highest BCUT2D eigenvalue weighted by Crippen LogP contribution is 2.44. The van der Waals surface area contributed by atoms with Crippen LogP contribution in [0.15, 0.2) is 0 Å². The maximum absolute atomic E-state index is 12.0. The van der Waals surface area contributed by atoms with Crippen LogP contribution in [0.3, 0.4) is 0 Å². The van der Waals surface area contributed by atoms with E-state index in [0.29, 0.717) is 25.0 Å². The molecule has 0 aliphatic heterocycles. The molecule has 1 saturated carbocycles. The zero-order valence-corrected chi connectivity index (χ0v) is 10.9. The summed E-state index contributed by atoms with van der Waals surface area (Å²) in [6.07, 6.45) is 1.87. The number of nitrogens with two attached hydrogens (primary N) is 1. The van der Waals surface area contributed by atoms with Crippen molar-refractivity contribution in [1.82, 2.24) is 10.2 Å². The van der Waals surface area contributed by atoms with Gasteiger partial charge in [-0.15, -0.1) is 0 Å². The molecular formula is C12H25N3O. The van der Waals surface area contributed by atoms with Crippen molar-refractivity contribution in [3.8, 4) is 0 Å². The Hall–Kier alpha value is -0.610. The Morgan fingerprint density at radius 3 is 2.50 bits per heavy atom. The summed E-state index contributed by atoms with van der Waals surface area (Å²) in [4.78, 5) is 14.1. The number of hydrogen-bond acceptors (Lipinski definition) is 3. The Labute approximate surface area is 98.6 Å². The first-order chi connectivity index (χ1) is 7.41. The van der Waals surface area contributed by atoms with Gasteiger partial charge in [0, 0.05) is 19.1 Å². The first-order valence-corrected chi connectivity index (χ1v) is 6.06. The van der Waals surface area contributed by atoms with Crippen LogP contribution in [-0.2, 0) is 4.79 Å². The van der Waals surface area contributed by atoms with Gasteiger partial charge in [0.15, 0.2) is 0 Å². The third kappa shape index (κ3) is 2.74. The molecule has 3 N–H and O–H groups in total. The lowest BCUT2D eigenvalue weighted by atomic mass is 9.62. The lowest BCUT2D eigenvalue weighted by molar-refractivity contribution is -0.138. The van der Waals surface area contributed by atoms with E-state index in [1.165, 1.54) is 0 Å². The molecule has 4 nitrogen and oxygen atoms in total. The Bertz CT molecular complexity index is 247. The summed E-state index contributed by atoms with van der Waals surface area (Å²) in [7, 11) is 4.03. The summed E-state index contributed by atoms with van der Waals surface area (Å²) in [6, 6.07) is 0.358. The molecule has 0 aromatic heterocycles. The third-order valence-electron chi connectivity index (χ3n) is 3.79. The monoisotopic (exact) mass is 227 g/mol. The number of nitrogens with zero attached hydrogens (tertiary/aromatic N) is 1. The minimum atomic E-state index is -0.272. The number of nitrogens with one attached hydrogen (secondary N) is 1. The van der Waals surface area contributed by atoms with Crippen LogP contribution in [0.25, 0.3) is 0 Å². The molecule has 1 amide bonds. The van der Waals surface area contributed by atoms with Crippen molar-refractivity contribution in [3.63, 3.8) is 0 Å². The SMILES string of the molecule is CC1CC(CN)(C(=O)NCC(C)N(C)C)C1. The number of rotatable bonds is 5. The van der Waals surface area contributed by atoms with Crippen LogP contribution in [0, 0.1) is 11.3 Å². The van der Waals surface area contributed by atoms with Gasteiger partial charge in [-0.1, -0.05) is 6.92 Å². The van der Waals surface area contributed by atoms with Gasteiger partial charge in [-0.25, -0.2) is 0 Å². The summed E-state index contributed by atoms with van der Waals surface area (Å²) in [6.45, 7) is 5.43. The Morgan fingerprint density at radius 2 is 2.12 bits per heavy atom. The van der Waals surface area contributed by atoms with Crippen molar-refractivity contribution in [2.75, 3.05) is 27.2 Å². The normalized spacial score (nSPS) is 31.0. The minimum Gasteiger partial charge on any atom is -0.354 e. The van der Waals surface area contributed by atoms with Gasteiger partial charge in [0.1, 0.15) is 0 Å². The van der Waals surface area contributed by atoms with Crippen molar-refractivity contribution < 1.29 is 4.79 Å². The summed E-state index contributed by atoms with van der Waals surface area (Å²) in [5.41, 5.74) is 5.45. The standard InChI is InChI=1S/C12H25N3O/c1-9-5-12(6-9,8-13)11(16)14-7-10(2)15(3)4/h9-10H,5-8,13H2,1-4H3,(H,14,16). The average molecular weight is 227 g/mol. The van der Waals surface area contributed by atoms with Gasteiger partial charge in [-0.3, -0.25) is 4.79 Å². The first-order valence-electron chi connectivity index (χ1n) is 6.06. The van der Waals surface area contributed by atoms with Gasteiger partial charge in [-0.05, 0) is 39.8 Å². The predicted octanol–water partition coefficient (Wildman–Crippen LogP) is 0.428. The van der Waals surface area contributed by atoms with Crippen molar-refractivity contribution >= 4 is 5.91 Å². The molecule has 4 heteroatoms. The van der Waals surface area contributed by atoms with Gasteiger partial charge in [0.2, 0.25) is 5.91 Å². The van der Waals surface area contributed by atoms with E-state index in [9.17, 15) is 4.79 Å². The van der Waals surface area contributed by atoms with Gasteiger partial charge in [-0.2, -0.15) is 0 Å². The van der Waals surface area contributed by atoms with Gasteiger partial charge < -0.3 is 16.0 Å². The summed E-state index contributed by atoms with van der Waals surface area (Å²) in [5.74, 6) is 0.780. The molecule has 0 bridgehead atoms. The molecular weight excluding hydrogens is 202 g/mol. The number of likely N-dealkylation sites (N-methyl/N-ethyl adjacent to an activating group) is 1. The number of hydrogen-bond donors (Lipinski definition) is 2. The molecule has 94 valence electrons. The average Bonchev–Trinajstić information content (AvgIpc) is 2.20. The Morgan fingerprint density at radius 1 is 1.56 bits per heavy atom. The molecule has 1 fully saturated rings. The van der Waals surface area contributed by atoms with Gasteiger partial charge >= 0.3 is 0 Å². The van der Waals surface area contributed by atoms with E-state index in [2.05, 4.69) is 24.1 Å². The number of carbonyl (C=O) groups is 1. The molecule has 1 unspecified atom stereocenters. The van der Waals surface area contributed by atoms with Crippen molar-refractivity contribution in [2.45, 2.75) is 32.7 Å². The molecule has 1 aliphatic carbocycles. The van der Waals surface area contributed by atoms with Crippen LogP contribution in [0.1, 0.15) is 26.7 Å². The minimum absolute atomic E-state index is 0.141. The molecule has 1 atom stereocenters. The van der Waals surface area contributed by atoms with E-state index in [4.69, 9.17) is 5.73 Å². The fourth-order valence-corrected chi connectivity index (χ4v) is 2.33. The van der Waals surface area contributed by atoms with Crippen molar-refractivity contribution in [2.24, 2.45) is 17.1 Å². The topological polar surface area (TPSA) is 58.4 Å². The van der Waals surface area contributed by atoms with Crippen LogP contribution in [0.4, 0.5) is 0 Å². The third-order valence-corrected chi connectivity index (χ3v) is 3.79. The lowest BCUT2D eigenvalue weighted by Gasteiger charge is -2.44. The highest BCUT2D eigenvalue weighted by atomic mass is 16.2. The van der Waals surface area contributed by atoms with E-state index in [1.54, 1.807) is 0 Å². The summed E-state index contributed by atoms with van der Waals surface area (Å²) in [5, 5.41) is 3.02. The molecule has 1 rings (SSSR count). The smallest absolute Gasteiger partial charge is 0.227 e. The molecule has 1 aliphatic rings. The molecule has 0 radical (unpaired) electrons. The van der Waals surface area contributed by atoms with E-state index >= 15 is 0 Å². The van der Waals surface area contributed by atoms with Crippen LogP contribution in [0.5, 0.6) is 0 Å². The number of amides is 1. The van der Waals surface area contributed by atoms with Crippen LogP contribution < -0.4 is 11.1 Å². The summed E-state index contributed by atoms with van der Waals surface area (Å²) >= 11 is 0. The summed E-state index contributed by atoms with van der Waals surface area (Å²) < 4.78 is 0. The Balaban J connectivity index is 2.40. The van der Waals surface area contributed by atoms with E-state index in [1.807, 2.05) is 14.1 Å². The largest absolute Gasteiger partial charge is 0.354 e. The zero-order valence-electron chi connectivity index (χ0n) is 10.9. The molecule has 0 heterocycles. The highest BCUT2D eigenvalue weighted by molar-refractivity contribution is 5.84.